The molecule has 0 amide bonds. The fourth-order valence-corrected chi connectivity index (χ4v) is 3.85. The summed E-state index contributed by atoms with van der Waals surface area (Å²) >= 11 is 1.76. The summed E-state index contributed by atoms with van der Waals surface area (Å²) in [5.74, 6) is 0.869. The molecule has 5 heteroatoms. The molecule has 2 heterocycles. The molecule has 118 valence electrons. The quantitative estimate of drug-likeness (QED) is 0.915. The predicted octanol–water partition coefficient (Wildman–Crippen LogP) is 3.57. The third kappa shape index (κ3) is 3.32. The molecule has 1 saturated heterocycles. The number of rotatable bonds is 5. The molecule has 1 aliphatic rings. The van der Waals surface area contributed by atoms with Gasteiger partial charge in [-0.15, -0.1) is 11.3 Å². The molecule has 0 aliphatic carbocycles. The van der Waals surface area contributed by atoms with Crippen LogP contribution in [0.25, 0.3) is 10.6 Å². The molecular weight excluding hydrogens is 296 g/mol. The summed E-state index contributed by atoms with van der Waals surface area (Å²) in [6, 6.07) is 8.83. The number of aromatic nitrogens is 1. The lowest BCUT2D eigenvalue weighted by Crippen LogP contribution is -2.31. The van der Waals surface area contributed by atoms with Crippen LogP contribution in [0.15, 0.2) is 24.3 Å². The minimum atomic E-state index is 0.302. The molecule has 1 aromatic heterocycles. The van der Waals surface area contributed by atoms with Crippen LogP contribution >= 0.6 is 11.3 Å². The number of hydrogen-bond acceptors (Lipinski definition) is 5. The van der Waals surface area contributed by atoms with Crippen molar-refractivity contribution in [2.75, 3.05) is 20.3 Å². The molecule has 0 spiro atoms. The van der Waals surface area contributed by atoms with Gasteiger partial charge in [-0.25, -0.2) is 4.98 Å². The summed E-state index contributed by atoms with van der Waals surface area (Å²) in [6.45, 7) is 5.97. The number of aryl methyl sites for hydroxylation is 1. The normalized spacial score (nSPS) is 19.3. The molecule has 22 heavy (non-hydrogen) atoms. The van der Waals surface area contributed by atoms with Crippen LogP contribution < -0.4 is 10.1 Å². The number of nitrogens with one attached hydrogen (secondary N) is 1. The van der Waals surface area contributed by atoms with E-state index in [1.54, 1.807) is 18.4 Å². The van der Waals surface area contributed by atoms with E-state index in [0.717, 1.165) is 41.6 Å². The minimum Gasteiger partial charge on any atom is -0.497 e. The molecule has 2 atom stereocenters. The van der Waals surface area contributed by atoms with Crippen molar-refractivity contribution < 1.29 is 9.47 Å². The highest BCUT2D eigenvalue weighted by Gasteiger charge is 2.21. The van der Waals surface area contributed by atoms with E-state index in [4.69, 9.17) is 14.5 Å². The van der Waals surface area contributed by atoms with Gasteiger partial charge in [-0.2, -0.15) is 0 Å². The Morgan fingerprint density at radius 2 is 2.14 bits per heavy atom. The van der Waals surface area contributed by atoms with Crippen LogP contribution in [0.4, 0.5) is 0 Å². The Labute approximate surface area is 135 Å². The first-order valence-electron chi connectivity index (χ1n) is 7.63. The highest BCUT2D eigenvalue weighted by atomic mass is 32.1. The average Bonchev–Trinajstić information content (AvgIpc) is 3.17. The highest BCUT2D eigenvalue weighted by molar-refractivity contribution is 7.15. The van der Waals surface area contributed by atoms with E-state index in [1.807, 2.05) is 12.1 Å². The van der Waals surface area contributed by atoms with Crippen molar-refractivity contribution in [3.63, 3.8) is 0 Å². The fraction of sp³-hybridized carbons (Fsp3) is 0.471. The van der Waals surface area contributed by atoms with Crippen LogP contribution in [0.5, 0.6) is 5.75 Å². The number of hydrogen-bond donors (Lipinski definition) is 1. The summed E-state index contributed by atoms with van der Waals surface area (Å²) in [4.78, 5) is 6.04. The lowest BCUT2D eigenvalue weighted by Gasteiger charge is -2.17. The van der Waals surface area contributed by atoms with Gasteiger partial charge in [0, 0.05) is 29.1 Å². The van der Waals surface area contributed by atoms with E-state index < -0.39 is 0 Å². The Kier molecular flexibility index (Phi) is 4.76. The maximum absolute atomic E-state index is 5.43. The van der Waals surface area contributed by atoms with Crippen molar-refractivity contribution in [2.45, 2.75) is 32.4 Å². The molecule has 3 rings (SSSR count). The zero-order valence-corrected chi connectivity index (χ0v) is 14.1. The topological polar surface area (TPSA) is 43.4 Å². The van der Waals surface area contributed by atoms with Crippen LogP contribution in [-0.2, 0) is 4.74 Å². The number of ether oxygens (including phenoxy) is 2. The second-order valence-electron chi connectivity index (χ2n) is 5.65. The number of methoxy groups -OCH3 is 1. The first-order chi connectivity index (χ1) is 10.7. The highest BCUT2D eigenvalue weighted by Crippen LogP contribution is 2.32. The predicted molar refractivity (Wildman–Crippen MR) is 89.6 cm³/mol. The van der Waals surface area contributed by atoms with Crippen molar-refractivity contribution in [3.8, 4) is 16.3 Å². The fourth-order valence-electron chi connectivity index (χ4n) is 2.76. The summed E-state index contributed by atoms with van der Waals surface area (Å²) in [5.41, 5.74) is 2.24. The zero-order chi connectivity index (χ0) is 15.5. The van der Waals surface area contributed by atoms with Gasteiger partial charge in [0.15, 0.2) is 0 Å². The average molecular weight is 318 g/mol. The van der Waals surface area contributed by atoms with Gasteiger partial charge < -0.3 is 14.8 Å². The Hall–Kier alpha value is -1.43. The molecule has 0 unspecified atom stereocenters. The second-order valence-corrected chi connectivity index (χ2v) is 6.68. The second kappa shape index (κ2) is 6.77. The van der Waals surface area contributed by atoms with Crippen LogP contribution in [0.2, 0.25) is 0 Å². The van der Waals surface area contributed by atoms with Gasteiger partial charge in [-0.1, -0.05) is 0 Å². The Morgan fingerprint density at radius 3 is 2.77 bits per heavy atom. The van der Waals surface area contributed by atoms with Gasteiger partial charge in [0.05, 0.1) is 19.4 Å². The Balaban J connectivity index is 1.76. The van der Waals surface area contributed by atoms with E-state index in [0.29, 0.717) is 12.1 Å². The van der Waals surface area contributed by atoms with Gasteiger partial charge in [0.1, 0.15) is 10.8 Å². The van der Waals surface area contributed by atoms with Gasteiger partial charge in [-0.3, -0.25) is 0 Å². The first kappa shape index (κ1) is 15.5. The molecule has 1 aromatic carbocycles. The molecule has 2 aromatic rings. The largest absolute Gasteiger partial charge is 0.497 e. The molecule has 4 nitrogen and oxygen atoms in total. The lowest BCUT2D eigenvalue weighted by atomic mass is 10.2. The number of thiazole rings is 1. The van der Waals surface area contributed by atoms with Gasteiger partial charge >= 0.3 is 0 Å². The van der Waals surface area contributed by atoms with Gasteiger partial charge in [-0.05, 0) is 44.5 Å². The molecule has 1 aliphatic heterocycles. The van der Waals surface area contributed by atoms with Crippen molar-refractivity contribution in [3.05, 3.63) is 34.8 Å². The van der Waals surface area contributed by atoms with Crippen LogP contribution in [0.3, 0.4) is 0 Å². The maximum atomic E-state index is 5.43. The third-order valence-corrected chi connectivity index (χ3v) is 5.37. The number of nitrogens with zero attached hydrogens (tertiary/aromatic N) is 1. The van der Waals surface area contributed by atoms with Crippen LogP contribution in [0, 0.1) is 6.92 Å². The van der Waals surface area contributed by atoms with Gasteiger partial charge in [0.25, 0.3) is 0 Å². The smallest absolute Gasteiger partial charge is 0.123 e. The van der Waals surface area contributed by atoms with Crippen LogP contribution in [0.1, 0.15) is 30.0 Å². The molecular formula is C17H22N2O2S. The number of benzene rings is 1. The summed E-state index contributed by atoms with van der Waals surface area (Å²) in [6.07, 6.45) is 1.09. The Bertz CT molecular complexity index is 618. The maximum Gasteiger partial charge on any atom is 0.123 e. The van der Waals surface area contributed by atoms with E-state index in [-0.39, 0.29) is 0 Å². The van der Waals surface area contributed by atoms with E-state index in [9.17, 15) is 0 Å². The summed E-state index contributed by atoms with van der Waals surface area (Å²) < 4.78 is 10.6. The minimum absolute atomic E-state index is 0.302. The zero-order valence-electron chi connectivity index (χ0n) is 13.3. The SMILES string of the molecule is COc1ccc(-c2nc(C)c([C@@H](C)N[C@H]3CCOC3)s2)cc1. The standard InChI is InChI=1S/C17H22N2O2S/c1-11(18-14-8-9-21-10-14)16-12(2)19-17(22-16)13-4-6-15(20-3)7-5-13/h4-7,11,14,18H,8-10H2,1-3H3/t11-,14+/m1/s1. The van der Waals surface area contributed by atoms with Gasteiger partial charge in [0.2, 0.25) is 0 Å². The third-order valence-electron chi connectivity index (χ3n) is 3.98. The lowest BCUT2D eigenvalue weighted by molar-refractivity contribution is 0.188. The summed E-state index contributed by atoms with van der Waals surface area (Å²) in [7, 11) is 1.68. The molecule has 0 radical (unpaired) electrons. The van der Waals surface area contributed by atoms with Crippen molar-refractivity contribution >= 4 is 11.3 Å². The first-order valence-corrected chi connectivity index (χ1v) is 8.44. The van der Waals surface area contributed by atoms with E-state index >= 15 is 0 Å². The molecule has 1 N–H and O–H groups in total. The Morgan fingerprint density at radius 1 is 1.36 bits per heavy atom. The van der Waals surface area contributed by atoms with E-state index in [2.05, 4.69) is 31.3 Å². The van der Waals surface area contributed by atoms with Crippen molar-refractivity contribution in [1.82, 2.24) is 10.3 Å². The molecule has 0 saturated carbocycles. The van der Waals surface area contributed by atoms with E-state index in [1.165, 1.54) is 4.88 Å². The molecule has 0 bridgehead atoms. The monoisotopic (exact) mass is 318 g/mol. The van der Waals surface area contributed by atoms with Crippen LogP contribution in [-0.4, -0.2) is 31.3 Å². The molecule has 1 fully saturated rings. The van der Waals surface area contributed by atoms with Crippen molar-refractivity contribution in [1.29, 1.82) is 0 Å². The summed E-state index contributed by atoms with van der Waals surface area (Å²) in [5, 5.41) is 4.71. The van der Waals surface area contributed by atoms with Crippen molar-refractivity contribution in [2.24, 2.45) is 0 Å².